The molecule has 0 saturated carbocycles. The van der Waals surface area contributed by atoms with Gasteiger partial charge < -0.3 is 15.1 Å². The number of halogens is 1. The maximum Gasteiger partial charge on any atom is 0.193 e. The van der Waals surface area contributed by atoms with Crippen LogP contribution in [0.25, 0.3) is 0 Å². The van der Waals surface area contributed by atoms with Gasteiger partial charge in [-0.05, 0) is 43.4 Å². The molecule has 0 bridgehead atoms. The fraction of sp³-hybridized carbons (Fsp3) is 0.588. The van der Waals surface area contributed by atoms with E-state index in [1.165, 1.54) is 24.9 Å². The van der Waals surface area contributed by atoms with E-state index in [2.05, 4.69) is 60.3 Å². The molecule has 0 radical (unpaired) electrons. The van der Waals surface area contributed by atoms with Crippen molar-refractivity contribution in [2.75, 3.05) is 44.7 Å². The van der Waals surface area contributed by atoms with Gasteiger partial charge in [0.25, 0.3) is 0 Å². The summed E-state index contributed by atoms with van der Waals surface area (Å²) in [7, 11) is 1.89. The highest BCUT2D eigenvalue weighted by atomic mass is 79.9. The number of likely N-dealkylation sites (tertiary alicyclic amines) is 1. The van der Waals surface area contributed by atoms with Crippen molar-refractivity contribution in [3.05, 3.63) is 28.7 Å². The Kier molecular flexibility index (Phi) is 5.24. The van der Waals surface area contributed by atoms with Gasteiger partial charge in [0, 0.05) is 49.9 Å². The van der Waals surface area contributed by atoms with Crippen molar-refractivity contribution in [3.63, 3.8) is 0 Å². The molecule has 22 heavy (non-hydrogen) atoms. The second kappa shape index (κ2) is 7.36. The van der Waals surface area contributed by atoms with Gasteiger partial charge in [0.05, 0.1) is 0 Å². The van der Waals surface area contributed by atoms with Crippen molar-refractivity contribution in [1.82, 2.24) is 10.2 Å². The van der Waals surface area contributed by atoms with Crippen LogP contribution < -0.4 is 10.2 Å². The van der Waals surface area contributed by atoms with Gasteiger partial charge in [-0.1, -0.05) is 22.0 Å². The Labute approximate surface area is 141 Å². The largest absolute Gasteiger partial charge is 0.371 e. The molecule has 2 aliphatic rings. The van der Waals surface area contributed by atoms with Crippen LogP contribution in [0.5, 0.6) is 0 Å². The molecule has 2 aliphatic heterocycles. The predicted octanol–water partition coefficient (Wildman–Crippen LogP) is 2.95. The second-order valence-corrected chi connectivity index (χ2v) is 7.12. The normalized spacial score (nSPS) is 22.5. The Balaban J connectivity index is 1.50. The molecule has 3 rings (SSSR count). The molecule has 1 aromatic rings. The quantitative estimate of drug-likeness (QED) is 0.660. The van der Waals surface area contributed by atoms with Crippen LogP contribution in [-0.2, 0) is 0 Å². The first-order chi connectivity index (χ1) is 10.8. The Morgan fingerprint density at radius 2 is 2.14 bits per heavy atom. The maximum absolute atomic E-state index is 4.43. The molecule has 0 amide bonds. The topological polar surface area (TPSA) is 30.9 Å². The number of aliphatic imine (C=N–C) groups is 1. The molecular weight excluding hydrogens is 340 g/mol. The summed E-state index contributed by atoms with van der Waals surface area (Å²) in [5, 5.41) is 3.58. The van der Waals surface area contributed by atoms with Gasteiger partial charge in [0.2, 0.25) is 0 Å². The Morgan fingerprint density at radius 1 is 1.32 bits per heavy atom. The smallest absolute Gasteiger partial charge is 0.193 e. The third kappa shape index (κ3) is 3.75. The second-order valence-electron chi connectivity index (χ2n) is 6.20. The lowest BCUT2D eigenvalue weighted by Gasteiger charge is -2.23. The van der Waals surface area contributed by atoms with E-state index in [1.54, 1.807) is 0 Å². The molecule has 1 aromatic carbocycles. The highest BCUT2D eigenvalue weighted by Crippen LogP contribution is 2.26. The number of hydrogen-bond acceptors (Lipinski definition) is 2. The van der Waals surface area contributed by atoms with Gasteiger partial charge in [-0.3, -0.25) is 4.99 Å². The standard InChI is InChI=1S/C17H25BrN4/c1-19-17(21-8-2-3-9-21)20-12-14-7-10-22(13-14)16-6-4-5-15(18)11-16/h4-6,11,14H,2-3,7-10,12-13H2,1H3,(H,19,20). The molecular formula is C17H25BrN4. The zero-order valence-electron chi connectivity index (χ0n) is 13.3. The van der Waals surface area contributed by atoms with Crippen LogP contribution in [0.4, 0.5) is 5.69 Å². The number of guanidine groups is 1. The van der Waals surface area contributed by atoms with Crippen molar-refractivity contribution in [3.8, 4) is 0 Å². The van der Waals surface area contributed by atoms with E-state index in [0.29, 0.717) is 5.92 Å². The average molecular weight is 365 g/mol. The van der Waals surface area contributed by atoms with Crippen molar-refractivity contribution in [1.29, 1.82) is 0 Å². The zero-order valence-corrected chi connectivity index (χ0v) is 14.8. The highest BCUT2D eigenvalue weighted by molar-refractivity contribution is 9.10. The first-order valence-electron chi connectivity index (χ1n) is 8.22. The predicted molar refractivity (Wildman–Crippen MR) is 96.6 cm³/mol. The fourth-order valence-corrected chi connectivity index (χ4v) is 3.79. The van der Waals surface area contributed by atoms with E-state index in [9.17, 15) is 0 Å². The molecule has 0 aliphatic carbocycles. The summed E-state index contributed by atoms with van der Waals surface area (Å²) in [6, 6.07) is 8.60. The number of nitrogens with one attached hydrogen (secondary N) is 1. The summed E-state index contributed by atoms with van der Waals surface area (Å²) in [6.07, 6.45) is 3.83. The lowest BCUT2D eigenvalue weighted by atomic mass is 10.1. The van der Waals surface area contributed by atoms with Crippen molar-refractivity contribution in [2.45, 2.75) is 19.3 Å². The lowest BCUT2D eigenvalue weighted by molar-refractivity contribution is 0.476. The molecule has 1 N–H and O–H groups in total. The summed E-state index contributed by atoms with van der Waals surface area (Å²) < 4.78 is 1.15. The van der Waals surface area contributed by atoms with Crippen LogP contribution >= 0.6 is 15.9 Å². The number of anilines is 1. The Hall–Kier alpha value is -1.23. The van der Waals surface area contributed by atoms with E-state index >= 15 is 0 Å². The van der Waals surface area contributed by atoms with Crippen LogP contribution in [0.15, 0.2) is 33.7 Å². The SMILES string of the molecule is CN=C(NCC1CCN(c2cccc(Br)c2)C1)N1CCCC1. The minimum Gasteiger partial charge on any atom is -0.371 e. The van der Waals surface area contributed by atoms with Gasteiger partial charge in [-0.15, -0.1) is 0 Å². The van der Waals surface area contributed by atoms with E-state index in [-0.39, 0.29) is 0 Å². The molecule has 2 saturated heterocycles. The Morgan fingerprint density at radius 3 is 2.86 bits per heavy atom. The maximum atomic E-state index is 4.43. The summed E-state index contributed by atoms with van der Waals surface area (Å²) >= 11 is 3.56. The monoisotopic (exact) mass is 364 g/mol. The summed E-state index contributed by atoms with van der Waals surface area (Å²) in [4.78, 5) is 9.29. The van der Waals surface area contributed by atoms with E-state index in [1.807, 2.05) is 7.05 Å². The van der Waals surface area contributed by atoms with E-state index in [4.69, 9.17) is 0 Å². The molecule has 0 spiro atoms. The highest BCUT2D eigenvalue weighted by Gasteiger charge is 2.24. The van der Waals surface area contributed by atoms with Crippen LogP contribution in [-0.4, -0.2) is 50.6 Å². The van der Waals surface area contributed by atoms with Crippen LogP contribution in [0.1, 0.15) is 19.3 Å². The third-order valence-electron chi connectivity index (χ3n) is 4.63. The van der Waals surface area contributed by atoms with Gasteiger partial charge in [-0.2, -0.15) is 0 Å². The summed E-state index contributed by atoms with van der Waals surface area (Å²) in [5.74, 6) is 1.77. The van der Waals surface area contributed by atoms with Gasteiger partial charge >= 0.3 is 0 Å². The lowest BCUT2D eigenvalue weighted by Crippen LogP contribution is -2.42. The first-order valence-corrected chi connectivity index (χ1v) is 9.01. The number of nitrogens with zero attached hydrogens (tertiary/aromatic N) is 3. The molecule has 120 valence electrons. The van der Waals surface area contributed by atoms with Crippen molar-refractivity contribution < 1.29 is 0 Å². The molecule has 0 aromatic heterocycles. The van der Waals surface area contributed by atoms with E-state index in [0.717, 1.165) is 43.2 Å². The van der Waals surface area contributed by atoms with Crippen LogP contribution in [0, 0.1) is 5.92 Å². The summed E-state index contributed by atoms with van der Waals surface area (Å²) in [5.41, 5.74) is 1.32. The first kappa shape index (κ1) is 15.7. The number of benzene rings is 1. The Bertz CT molecular complexity index is 525. The molecule has 2 heterocycles. The molecule has 1 unspecified atom stereocenters. The zero-order chi connectivity index (χ0) is 15.4. The molecule has 4 nitrogen and oxygen atoms in total. The van der Waals surface area contributed by atoms with E-state index < -0.39 is 0 Å². The van der Waals surface area contributed by atoms with Gasteiger partial charge in [-0.25, -0.2) is 0 Å². The fourth-order valence-electron chi connectivity index (χ4n) is 3.40. The van der Waals surface area contributed by atoms with Crippen molar-refractivity contribution >= 4 is 27.6 Å². The minimum absolute atomic E-state index is 0.693. The number of hydrogen-bond donors (Lipinski definition) is 1. The van der Waals surface area contributed by atoms with Gasteiger partial charge in [0.1, 0.15) is 0 Å². The number of rotatable bonds is 3. The molecule has 5 heteroatoms. The van der Waals surface area contributed by atoms with Crippen LogP contribution in [0.3, 0.4) is 0 Å². The average Bonchev–Trinajstić information content (AvgIpc) is 3.19. The third-order valence-corrected chi connectivity index (χ3v) is 5.12. The van der Waals surface area contributed by atoms with Gasteiger partial charge in [0.15, 0.2) is 5.96 Å². The van der Waals surface area contributed by atoms with Crippen molar-refractivity contribution in [2.24, 2.45) is 10.9 Å². The van der Waals surface area contributed by atoms with Crippen LogP contribution in [0.2, 0.25) is 0 Å². The molecule has 2 fully saturated rings. The summed E-state index contributed by atoms with van der Waals surface area (Å²) in [6.45, 7) is 5.59. The minimum atomic E-state index is 0.693. The molecule has 1 atom stereocenters.